The van der Waals surface area contributed by atoms with E-state index in [1.54, 1.807) is 30.3 Å². The SMILES string of the molecule is COc1cncc(-c2ccc(C(Oc3cc(-c4ccc(C[C@H](N)CC(=O)O)cc4)nc(N)n3)C(F)(F)F)c(F)c2)c1. The third-order valence-electron chi connectivity index (χ3n) is 6.01. The maximum atomic E-state index is 15.1. The van der Waals surface area contributed by atoms with Crippen molar-refractivity contribution in [3.05, 3.63) is 83.9 Å². The van der Waals surface area contributed by atoms with Gasteiger partial charge in [0.25, 0.3) is 0 Å². The molecule has 2 atom stereocenters. The van der Waals surface area contributed by atoms with Gasteiger partial charge in [0, 0.05) is 35.0 Å². The van der Waals surface area contributed by atoms with Gasteiger partial charge in [-0.3, -0.25) is 9.78 Å². The molecule has 4 aromatic rings. The number of alkyl halides is 3. The lowest BCUT2D eigenvalue weighted by molar-refractivity contribution is -0.199. The van der Waals surface area contributed by atoms with Crippen molar-refractivity contribution in [2.24, 2.45) is 5.73 Å². The number of benzene rings is 2. The molecule has 13 heteroatoms. The summed E-state index contributed by atoms with van der Waals surface area (Å²) in [5.74, 6) is -2.63. The lowest BCUT2D eigenvalue weighted by Gasteiger charge is -2.22. The minimum absolute atomic E-state index is 0.163. The Morgan fingerprint density at radius 3 is 2.34 bits per heavy atom. The molecule has 2 heterocycles. The number of carbonyl (C=O) groups is 1. The molecule has 1 unspecified atom stereocenters. The molecule has 9 nitrogen and oxygen atoms in total. The summed E-state index contributed by atoms with van der Waals surface area (Å²) in [5.41, 5.74) is 13.0. The molecular formula is C28H25F4N5O4. The Morgan fingerprint density at radius 2 is 1.71 bits per heavy atom. The van der Waals surface area contributed by atoms with Gasteiger partial charge in [0.15, 0.2) is 0 Å². The van der Waals surface area contributed by atoms with Crippen LogP contribution in [-0.2, 0) is 11.2 Å². The zero-order valence-electron chi connectivity index (χ0n) is 21.6. The van der Waals surface area contributed by atoms with Crippen molar-refractivity contribution in [3.63, 3.8) is 0 Å². The van der Waals surface area contributed by atoms with Gasteiger partial charge in [-0.05, 0) is 29.7 Å². The molecule has 214 valence electrons. The minimum Gasteiger partial charge on any atom is -0.495 e. The van der Waals surface area contributed by atoms with Gasteiger partial charge in [-0.2, -0.15) is 18.2 Å². The van der Waals surface area contributed by atoms with Gasteiger partial charge in [0.05, 0.1) is 25.4 Å². The smallest absolute Gasteiger partial charge is 0.429 e. The molecule has 0 aliphatic carbocycles. The number of aliphatic carboxylic acids is 1. The monoisotopic (exact) mass is 571 g/mol. The van der Waals surface area contributed by atoms with Crippen LogP contribution in [0, 0.1) is 5.82 Å². The number of nitrogen functional groups attached to an aromatic ring is 1. The van der Waals surface area contributed by atoms with Crippen LogP contribution >= 0.6 is 0 Å². The second kappa shape index (κ2) is 12.2. The zero-order valence-corrected chi connectivity index (χ0v) is 21.6. The molecule has 0 fully saturated rings. The van der Waals surface area contributed by atoms with Crippen molar-refractivity contribution in [1.29, 1.82) is 0 Å². The summed E-state index contributed by atoms with van der Waals surface area (Å²) >= 11 is 0. The second-order valence-corrected chi connectivity index (χ2v) is 9.10. The Balaban J connectivity index is 1.60. The summed E-state index contributed by atoms with van der Waals surface area (Å²) in [6.07, 6.45) is -4.73. The first-order chi connectivity index (χ1) is 19.4. The minimum atomic E-state index is -5.00. The van der Waals surface area contributed by atoms with E-state index in [-0.39, 0.29) is 18.1 Å². The summed E-state index contributed by atoms with van der Waals surface area (Å²) < 4.78 is 67.7. The molecule has 41 heavy (non-hydrogen) atoms. The second-order valence-electron chi connectivity index (χ2n) is 9.10. The molecule has 0 spiro atoms. The van der Waals surface area contributed by atoms with Crippen LogP contribution in [0.2, 0.25) is 0 Å². The van der Waals surface area contributed by atoms with Crippen LogP contribution in [0.3, 0.4) is 0 Å². The Kier molecular flexibility index (Phi) is 8.67. The standard InChI is InChI=1S/C28H25F4N5O4/c1-40-20-9-18(13-35-14-20)17-6-7-21(22(29)10-17)26(28(30,31)32)41-24-12-23(36-27(34)37-24)16-4-2-15(3-5-16)8-19(33)11-25(38)39/h2-7,9-10,12-14,19,26H,8,11,33H2,1H3,(H,38,39)(H2,34,36,37)/t19-,26?/m0/s1. The Labute approximate surface area is 231 Å². The summed E-state index contributed by atoms with van der Waals surface area (Å²) in [4.78, 5) is 22.6. The summed E-state index contributed by atoms with van der Waals surface area (Å²) in [6.45, 7) is 0. The first-order valence-electron chi connectivity index (χ1n) is 12.2. The van der Waals surface area contributed by atoms with Crippen molar-refractivity contribution < 1.29 is 36.9 Å². The number of nitrogens with zero attached hydrogens (tertiary/aromatic N) is 3. The van der Waals surface area contributed by atoms with Crippen LogP contribution in [0.5, 0.6) is 11.6 Å². The summed E-state index contributed by atoms with van der Waals surface area (Å²) in [7, 11) is 1.43. The van der Waals surface area contributed by atoms with Crippen molar-refractivity contribution in [3.8, 4) is 34.0 Å². The number of anilines is 1. The van der Waals surface area contributed by atoms with Crippen LogP contribution in [-0.4, -0.2) is 45.4 Å². The van der Waals surface area contributed by atoms with Crippen molar-refractivity contribution in [2.45, 2.75) is 31.2 Å². The summed E-state index contributed by atoms with van der Waals surface area (Å²) in [5, 5.41) is 8.87. The number of ether oxygens (including phenoxy) is 2. The molecule has 0 radical (unpaired) electrons. The maximum Gasteiger partial charge on any atom is 0.429 e. The highest BCUT2D eigenvalue weighted by atomic mass is 19.4. The van der Waals surface area contributed by atoms with Crippen LogP contribution in [0.4, 0.5) is 23.5 Å². The Bertz CT molecular complexity index is 1530. The summed E-state index contributed by atoms with van der Waals surface area (Å²) in [6, 6.07) is 12.0. The fourth-order valence-electron chi connectivity index (χ4n) is 4.10. The van der Waals surface area contributed by atoms with Gasteiger partial charge in [0.2, 0.25) is 17.9 Å². The molecule has 0 aliphatic heterocycles. The van der Waals surface area contributed by atoms with Crippen LogP contribution in [0.15, 0.2) is 67.0 Å². The van der Waals surface area contributed by atoms with Crippen LogP contribution in [0.25, 0.3) is 22.4 Å². The van der Waals surface area contributed by atoms with Gasteiger partial charge < -0.3 is 26.0 Å². The zero-order chi connectivity index (χ0) is 29.7. The average molecular weight is 572 g/mol. The van der Waals surface area contributed by atoms with Gasteiger partial charge >= 0.3 is 12.1 Å². The van der Waals surface area contributed by atoms with E-state index in [0.29, 0.717) is 28.9 Å². The van der Waals surface area contributed by atoms with E-state index in [1.165, 1.54) is 25.6 Å². The van der Waals surface area contributed by atoms with E-state index in [4.69, 9.17) is 26.0 Å². The normalized spacial score (nSPS) is 12.9. The van der Waals surface area contributed by atoms with E-state index in [1.807, 2.05) is 0 Å². The van der Waals surface area contributed by atoms with E-state index < -0.39 is 41.6 Å². The fourth-order valence-corrected chi connectivity index (χ4v) is 4.10. The predicted molar refractivity (Wildman–Crippen MR) is 141 cm³/mol. The number of carboxylic acid groups (broad SMARTS) is 1. The van der Waals surface area contributed by atoms with Gasteiger partial charge in [-0.1, -0.05) is 36.4 Å². The molecule has 4 rings (SSSR count). The number of carboxylic acids is 1. The van der Waals surface area contributed by atoms with Crippen molar-refractivity contribution >= 4 is 11.9 Å². The largest absolute Gasteiger partial charge is 0.495 e. The third kappa shape index (κ3) is 7.45. The number of hydrogen-bond acceptors (Lipinski definition) is 8. The lowest BCUT2D eigenvalue weighted by Crippen LogP contribution is -2.27. The third-order valence-corrected chi connectivity index (χ3v) is 6.01. The molecular weight excluding hydrogens is 546 g/mol. The molecule has 0 saturated heterocycles. The Hall–Kier alpha value is -4.78. The molecule has 2 aromatic heterocycles. The molecule has 0 saturated carbocycles. The number of pyridine rings is 1. The molecule has 0 aliphatic rings. The maximum absolute atomic E-state index is 15.1. The van der Waals surface area contributed by atoms with Crippen molar-refractivity contribution in [2.75, 3.05) is 12.8 Å². The van der Waals surface area contributed by atoms with E-state index in [0.717, 1.165) is 23.8 Å². The van der Waals surface area contributed by atoms with E-state index in [2.05, 4.69) is 15.0 Å². The van der Waals surface area contributed by atoms with Crippen molar-refractivity contribution in [1.82, 2.24) is 15.0 Å². The molecule has 0 amide bonds. The van der Waals surface area contributed by atoms with Crippen LogP contribution < -0.4 is 20.9 Å². The Morgan fingerprint density at radius 1 is 1.00 bits per heavy atom. The molecule has 2 aromatic carbocycles. The quantitative estimate of drug-likeness (QED) is 0.225. The van der Waals surface area contributed by atoms with Crippen LogP contribution in [0.1, 0.15) is 23.7 Å². The molecule has 0 bridgehead atoms. The highest BCUT2D eigenvalue weighted by molar-refractivity contribution is 5.67. The number of halogens is 4. The van der Waals surface area contributed by atoms with E-state index in [9.17, 15) is 18.0 Å². The van der Waals surface area contributed by atoms with Gasteiger partial charge in [-0.25, -0.2) is 9.37 Å². The van der Waals surface area contributed by atoms with Gasteiger partial charge in [-0.15, -0.1) is 0 Å². The molecule has 5 N–H and O–H groups in total. The number of rotatable bonds is 10. The predicted octanol–water partition coefficient (Wildman–Crippen LogP) is 4.96. The number of hydrogen-bond donors (Lipinski definition) is 3. The first-order valence-corrected chi connectivity index (χ1v) is 12.2. The average Bonchev–Trinajstić information content (AvgIpc) is 2.91. The number of aromatic nitrogens is 3. The van der Waals surface area contributed by atoms with E-state index >= 15 is 4.39 Å². The number of nitrogens with two attached hydrogens (primary N) is 2. The topological polar surface area (TPSA) is 146 Å². The fraction of sp³-hybridized carbons (Fsp3) is 0.214. The van der Waals surface area contributed by atoms with Gasteiger partial charge in [0.1, 0.15) is 11.6 Å². The lowest BCUT2D eigenvalue weighted by atomic mass is 10.0. The highest BCUT2D eigenvalue weighted by Gasteiger charge is 2.45. The highest BCUT2D eigenvalue weighted by Crippen LogP contribution is 2.39. The number of methoxy groups -OCH3 is 1. The first kappa shape index (κ1) is 29.2.